The molecule has 0 bridgehead atoms. The van der Waals surface area contributed by atoms with E-state index < -0.39 is 0 Å². The molecule has 0 amide bonds. The summed E-state index contributed by atoms with van der Waals surface area (Å²) in [6.07, 6.45) is 6.03. The van der Waals surface area contributed by atoms with Crippen LogP contribution in [-0.2, 0) is 15.9 Å². The molecule has 1 aromatic heterocycles. The van der Waals surface area contributed by atoms with Crippen LogP contribution in [0.3, 0.4) is 0 Å². The van der Waals surface area contributed by atoms with Crippen molar-refractivity contribution in [3.8, 4) is 0 Å². The first kappa shape index (κ1) is 25.0. The maximum atomic E-state index is 6.44. The highest BCUT2D eigenvalue weighted by atomic mass is 16.5. The van der Waals surface area contributed by atoms with Crippen molar-refractivity contribution in [2.24, 2.45) is 4.99 Å². The van der Waals surface area contributed by atoms with Crippen LogP contribution in [0.2, 0.25) is 0 Å². The molecule has 6 heteroatoms. The maximum Gasteiger partial charge on any atom is 0.147 e. The molecule has 1 aromatic carbocycles. The van der Waals surface area contributed by atoms with Gasteiger partial charge in [-0.25, -0.2) is 4.99 Å². The van der Waals surface area contributed by atoms with Crippen LogP contribution in [0.4, 0.5) is 5.69 Å². The Hall–Kier alpha value is -3.09. The highest BCUT2D eigenvalue weighted by Gasteiger charge is 2.21. The second-order valence-electron chi connectivity index (χ2n) is 9.11. The van der Waals surface area contributed by atoms with E-state index in [1.165, 1.54) is 16.8 Å². The average molecular weight is 475 g/mol. The van der Waals surface area contributed by atoms with E-state index in [-0.39, 0.29) is 0 Å². The summed E-state index contributed by atoms with van der Waals surface area (Å²) in [4.78, 5) is 11.0. The Bertz CT molecular complexity index is 1160. The number of rotatable bonds is 9. The lowest BCUT2D eigenvalue weighted by Gasteiger charge is -2.27. The van der Waals surface area contributed by atoms with Gasteiger partial charge >= 0.3 is 0 Å². The monoisotopic (exact) mass is 474 g/mol. The number of aryl methyl sites for hydroxylation is 2. The predicted octanol–water partition coefficient (Wildman–Crippen LogP) is 5.38. The van der Waals surface area contributed by atoms with E-state index in [0.717, 1.165) is 85.4 Å². The van der Waals surface area contributed by atoms with E-state index >= 15 is 0 Å². The summed E-state index contributed by atoms with van der Waals surface area (Å²) in [5.74, 6) is 0.808. The molecular formula is C29H38N4O2. The number of nitrogens with two attached hydrogens (primary N) is 1. The Kier molecular flexibility index (Phi) is 8.26. The van der Waals surface area contributed by atoms with Crippen molar-refractivity contribution in [2.75, 3.05) is 45.2 Å². The number of aliphatic imine (C=N–C) groups is 1. The number of H-pyrrole nitrogens is 1. The number of nitrogens with one attached hydrogen (secondary N) is 1. The minimum absolute atomic E-state index is 0.591. The SMILES string of the molecule is CCOC1=CC(C(/C)=C(\CCN2CCOCC2)c2ccccc2N)=N/C1=C\c1[nH]c(CC)cc1C. The van der Waals surface area contributed by atoms with Gasteiger partial charge in [-0.3, -0.25) is 4.90 Å². The first-order valence-corrected chi connectivity index (χ1v) is 12.7. The van der Waals surface area contributed by atoms with Gasteiger partial charge in [0.2, 0.25) is 0 Å². The number of allylic oxidation sites excluding steroid dienone is 2. The Labute approximate surface area is 209 Å². The molecular weight excluding hydrogens is 436 g/mol. The van der Waals surface area contributed by atoms with Gasteiger partial charge in [0.1, 0.15) is 11.5 Å². The average Bonchev–Trinajstić information content (AvgIpc) is 3.44. The van der Waals surface area contributed by atoms with E-state index in [0.29, 0.717) is 6.61 Å². The molecule has 0 radical (unpaired) electrons. The molecule has 0 spiro atoms. The fourth-order valence-electron chi connectivity index (χ4n) is 4.65. The number of aromatic amines is 1. The Morgan fingerprint density at radius 3 is 2.69 bits per heavy atom. The summed E-state index contributed by atoms with van der Waals surface area (Å²) >= 11 is 0. The lowest BCUT2D eigenvalue weighted by atomic mass is 9.93. The van der Waals surface area contributed by atoms with Crippen LogP contribution in [0, 0.1) is 6.92 Å². The van der Waals surface area contributed by atoms with Crippen LogP contribution in [0.5, 0.6) is 0 Å². The highest BCUT2D eigenvalue weighted by molar-refractivity contribution is 6.15. The third kappa shape index (κ3) is 5.95. The number of benzene rings is 1. The maximum absolute atomic E-state index is 6.44. The number of hydrogen-bond donors (Lipinski definition) is 2. The van der Waals surface area contributed by atoms with Crippen molar-refractivity contribution in [1.82, 2.24) is 9.88 Å². The van der Waals surface area contributed by atoms with Gasteiger partial charge in [-0.05, 0) is 68.5 Å². The zero-order valence-corrected chi connectivity index (χ0v) is 21.5. The molecule has 186 valence electrons. The van der Waals surface area contributed by atoms with Crippen molar-refractivity contribution >= 4 is 23.0 Å². The van der Waals surface area contributed by atoms with E-state index in [1.807, 2.05) is 19.1 Å². The molecule has 0 unspecified atom stereocenters. The molecule has 2 aromatic rings. The number of hydrogen-bond acceptors (Lipinski definition) is 5. The number of para-hydroxylation sites is 1. The number of anilines is 1. The molecule has 0 saturated carbocycles. The second-order valence-corrected chi connectivity index (χ2v) is 9.11. The standard InChI is InChI=1S/C29H38N4O2/c1-5-22-17-20(3)26(31-22)18-28-29(35-6-2)19-27(32-28)21(4)23(24-9-7-8-10-25(24)30)11-12-33-13-15-34-16-14-33/h7-10,17-19,31H,5-6,11-16,30H2,1-4H3/b23-21+,28-18-. The molecule has 0 aliphatic carbocycles. The van der Waals surface area contributed by atoms with E-state index in [9.17, 15) is 0 Å². The van der Waals surface area contributed by atoms with Gasteiger partial charge in [-0.1, -0.05) is 25.1 Å². The van der Waals surface area contributed by atoms with Crippen LogP contribution >= 0.6 is 0 Å². The quantitative estimate of drug-likeness (QED) is 0.479. The van der Waals surface area contributed by atoms with E-state index in [1.54, 1.807) is 0 Å². The van der Waals surface area contributed by atoms with Gasteiger partial charge < -0.3 is 20.2 Å². The summed E-state index contributed by atoms with van der Waals surface area (Å²) in [5, 5.41) is 0. The fourth-order valence-corrected chi connectivity index (χ4v) is 4.65. The number of morpholine rings is 1. The fraction of sp³-hybridized carbons (Fsp3) is 0.414. The van der Waals surface area contributed by atoms with Crippen LogP contribution in [0.25, 0.3) is 11.6 Å². The Morgan fingerprint density at radius 1 is 1.23 bits per heavy atom. The van der Waals surface area contributed by atoms with Crippen LogP contribution in [-0.4, -0.2) is 55.1 Å². The van der Waals surface area contributed by atoms with E-state index in [4.69, 9.17) is 20.2 Å². The van der Waals surface area contributed by atoms with Gasteiger partial charge in [0.05, 0.1) is 25.5 Å². The third-order valence-corrected chi connectivity index (χ3v) is 6.74. The molecule has 0 atom stereocenters. The second kappa shape index (κ2) is 11.6. The molecule has 6 nitrogen and oxygen atoms in total. The van der Waals surface area contributed by atoms with Crippen molar-refractivity contribution in [3.63, 3.8) is 0 Å². The summed E-state index contributed by atoms with van der Waals surface area (Å²) in [7, 11) is 0. The highest BCUT2D eigenvalue weighted by Crippen LogP contribution is 2.32. The van der Waals surface area contributed by atoms with E-state index in [2.05, 4.69) is 61.0 Å². The van der Waals surface area contributed by atoms with Gasteiger partial charge in [-0.15, -0.1) is 0 Å². The molecule has 35 heavy (non-hydrogen) atoms. The molecule has 1 saturated heterocycles. The molecule has 3 N–H and O–H groups in total. The smallest absolute Gasteiger partial charge is 0.147 e. The van der Waals surface area contributed by atoms with Crippen molar-refractivity contribution in [3.05, 3.63) is 76.0 Å². The molecule has 2 aliphatic heterocycles. The van der Waals surface area contributed by atoms with Crippen molar-refractivity contribution in [1.29, 1.82) is 0 Å². The van der Waals surface area contributed by atoms with Crippen LogP contribution < -0.4 is 5.73 Å². The number of nitrogen functional groups attached to an aromatic ring is 1. The largest absolute Gasteiger partial charge is 0.492 e. The van der Waals surface area contributed by atoms with Gasteiger partial charge in [-0.2, -0.15) is 0 Å². The predicted molar refractivity (Wildman–Crippen MR) is 145 cm³/mol. The Morgan fingerprint density at radius 2 is 2.00 bits per heavy atom. The lowest BCUT2D eigenvalue weighted by Crippen LogP contribution is -2.37. The van der Waals surface area contributed by atoms with Crippen molar-refractivity contribution < 1.29 is 9.47 Å². The zero-order chi connectivity index (χ0) is 24.8. The molecule has 1 fully saturated rings. The van der Waals surface area contributed by atoms with Gasteiger partial charge in [0.25, 0.3) is 0 Å². The Balaban J connectivity index is 1.71. The number of ether oxygens (including phenoxy) is 2. The summed E-state index contributed by atoms with van der Waals surface area (Å²) < 4.78 is 11.5. The van der Waals surface area contributed by atoms with Gasteiger partial charge in [0.15, 0.2) is 0 Å². The minimum atomic E-state index is 0.591. The normalized spacial score (nSPS) is 18.5. The topological polar surface area (TPSA) is 75.9 Å². The number of aromatic nitrogens is 1. The molecule has 2 aliphatic rings. The summed E-state index contributed by atoms with van der Waals surface area (Å²) in [5.41, 5.74) is 16.0. The summed E-state index contributed by atoms with van der Waals surface area (Å²) in [6, 6.07) is 10.3. The van der Waals surface area contributed by atoms with Crippen LogP contribution in [0.1, 0.15) is 49.7 Å². The third-order valence-electron chi connectivity index (χ3n) is 6.74. The first-order valence-electron chi connectivity index (χ1n) is 12.7. The van der Waals surface area contributed by atoms with Gasteiger partial charge in [0, 0.05) is 48.3 Å². The van der Waals surface area contributed by atoms with Crippen molar-refractivity contribution in [2.45, 2.75) is 40.5 Å². The minimum Gasteiger partial charge on any atom is -0.492 e. The van der Waals surface area contributed by atoms with Crippen LogP contribution in [0.15, 0.2) is 58.4 Å². The zero-order valence-electron chi connectivity index (χ0n) is 21.5. The lowest BCUT2D eigenvalue weighted by molar-refractivity contribution is 0.0390. The number of nitrogens with zero attached hydrogens (tertiary/aromatic N) is 2. The summed E-state index contributed by atoms with van der Waals surface area (Å²) in [6.45, 7) is 13.5. The molecule has 4 rings (SSSR count). The molecule has 3 heterocycles. The first-order chi connectivity index (χ1) is 17.0.